The minimum Gasteiger partial charge on any atom is -0.494 e. The highest BCUT2D eigenvalue weighted by Crippen LogP contribution is 2.22. The lowest BCUT2D eigenvalue weighted by Gasteiger charge is -2.14. The molecule has 2 aromatic carbocycles. The summed E-state index contributed by atoms with van der Waals surface area (Å²) in [5.74, 6) is 0.606. The van der Waals surface area contributed by atoms with Gasteiger partial charge in [0.25, 0.3) is 0 Å². The second kappa shape index (κ2) is 7.06. The zero-order chi connectivity index (χ0) is 14.4. The first-order chi connectivity index (χ1) is 9.70. The van der Waals surface area contributed by atoms with E-state index in [4.69, 9.17) is 10.5 Å². The van der Waals surface area contributed by atoms with E-state index in [1.54, 1.807) is 12.1 Å². The van der Waals surface area contributed by atoms with E-state index in [1.807, 2.05) is 30.3 Å². The number of hydrogen-bond acceptors (Lipinski definition) is 2. The molecule has 106 valence electrons. The fourth-order valence-corrected chi connectivity index (χ4v) is 2.07. The van der Waals surface area contributed by atoms with E-state index in [1.165, 1.54) is 6.07 Å². The summed E-state index contributed by atoms with van der Waals surface area (Å²) >= 11 is 0. The van der Waals surface area contributed by atoms with Gasteiger partial charge in [0, 0.05) is 6.04 Å². The van der Waals surface area contributed by atoms with Crippen molar-refractivity contribution in [3.63, 3.8) is 0 Å². The highest BCUT2D eigenvalue weighted by Gasteiger charge is 2.10. The van der Waals surface area contributed by atoms with Crippen molar-refractivity contribution in [1.29, 1.82) is 0 Å². The molecule has 0 saturated heterocycles. The molecule has 0 aliphatic carbocycles. The lowest BCUT2D eigenvalue weighted by atomic mass is 9.99. The van der Waals surface area contributed by atoms with Crippen molar-refractivity contribution in [1.82, 2.24) is 0 Å². The maximum absolute atomic E-state index is 13.6. The quantitative estimate of drug-likeness (QED) is 0.867. The lowest BCUT2D eigenvalue weighted by Crippen LogP contribution is -2.14. The van der Waals surface area contributed by atoms with E-state index in [-0.39, 0.29) is 11.9 Å². The molecule has 0 spiro atoms. The first kappa shape index (κ1) is 14.5. The van der Waals surface area contributed by atoms with Crippen LogP contribution in [0.25, 0.3) is 0 Å². The molecule has 3 heteroatoms. The van der Waals surface area contributed by atoms with Crippen LogP contribution in [-0.4, -0.2) is 6.61 Å². The molecule has 2 nitrogen and oxygen atoms in total. The molecule has 0 saturated carbocycles. The molecule has 2 aromatic rings. The fraction of sp³-hybridized carbons (Fsp3) is 0.294. The van der Waals surface area contributed by atoms with E-state index in [9.17, 15) is 4.39 Å². The fourth-order valence-electron chi connectivity index (χ4n) is 2.07. The Morgan fingerprint density at radius 3 is 2.70 bits per heavy atom. The lowest BCUT2D eigenvalue weighted by molar-refractivity contribution is 0.317. The Kier molecular flexibility index (Phi) is 5.13. The van der Waals surface area contributed by atoms with Crippen LogP contribution in [0.2, 0.25) is 0 Å². The molecule has 1 unspecified atom stereocenters. The van der Waals surface area contributed by atoms with Crippen LogP contribution in [0.15, 0.2) is 48.5 Å². The largest absolute Gasteiger partial charge is 0.494 e. The van der Waals surface area contributed by atoms with Gasteiger partial charge in [0.05, 0.1) is 6.61 Å². The summed E-state index contributed by atoms with van der Waals surface area (Å²) in [5.41, 5.74) is 7.77. The number of ether oxygens (including phenoxy) is 1. The van der Waals surface area contributed by atoms with Crippen molar-refractivity contribution in [3.05, 3.63) is 65.5 Å². The molecule has 0 radical (unpaired) electrons. The molecule has 0 aromatic heterocycles. The molecular formula is C17H20FNO. The van der Waals surface area contributed by atoms with Crippen LogP contribution in [0, 0.1) is 5.82 Å². The zero-order valence-electron chi connectivity index (χ0n) is 11.7. The van der Waals surface area contributed by atoms with Crippen LogP contribution < -0.4 is 10.5 Å². The van der Waals surface area contributed by atoms with Crippen LogP contribution >= 0.6 is 0 Å². The summed E-state index contributed by atoms with van der Waals surface area (Å²) in [6, 6.07) is 14.2. The Morgan fingerprint density at radius 1 is 1.15 bits per heavy atom. The first-order valence-corrected chi connectivity index (χ1v) is 6.92. The van der Waals surface area contributed by atoms with Crippen molar-refractivity contribution in [2.75, 3.05) is 6.61 Å². The van der Waals surface area contributed by atoms with Gasteiger partial charge in [0.15, 0.2) is 0 Å². The molecule has 0 amide bonds. The summed E-state index contributed by atoms with van der Waals surface area (Å²) in [6.45, 7) is 2.75. The standard InChI is InChI=1S/C17H20FNO/c1-2-10-20-15-8-5-7-14(11-15)17(19)12-13-6-3-4-9-16(13)18/h3-9,11,17H,2,10,12,19H2,1H3. The SMILES string of the molecule is CCCOc1cccc(C(N)Cc2ccccc2F)c1. The zero-order valence-corrected chi connectivity index (χ0v) is 11.7. The van der Waals surface area contributed by atoms with Gasteiger partial charge in [-0.3, -0.25) is 0 Å². The predicted octanol–water partition coefficient (Wildman–Crippen LogP) is 3.86. The second-order valence-electron chi connectivity index (χ2n) is 4.82. The molecule has 1 atom stereocenters. The van der Waals surface area contributed by atoms with Crippen molar-refractivity contribution < 1.29 is 9.13 Å². The van der Waals surface area contributed by atoms with Crippen molar-refractivity contribution in [2.24, 2.45) is 5.73 Å². The molecular weight excluding hydrogens is 253 g/mol. The van der Waals surface area contributed by atoms with Gasteiger partial charge in [-0.2, -0.15) is 0 Å². The topological polar surface area (TPSA) is 35.2 Å². The normalized spacial score (nSPS) is 12.2. The Balaban J connectivity index is 2.09. The van der Waals surface area contributed by atoms with E-state index < -0.39 is 0 Å². The van der Waals surface area contributed by atoms with Crippen molar-refractivity contribution in [3.8, 4) is 5.75 Å². The molecule has 0 fully saturated rings. The Hall–Kier alpha value is -1.87. The molecule has 0 heterocycles. The third kappa shape index (κ3) is 3.81. The Morgan fingerprint density at radius 2 is 1.95 bits per heavy atom. The van der Waals surface area contributed by atoms with Gasteiger partial charge in [-0.15, -0.1) is 0 Å². The minimum atomic E-state index is -0.239. The van der Waals surface area contributed by atoms with Gasteiger partial charge in [-0.05, 0) is 42.2 Å². The van der Waals surface area contributed by atoms with Crippen molar-refractivity contribution in [2.45, 2.75) is 25.8 Å². The smallest absolute Gasteiger partial charge is 0.126 e. The third-order valence-corrected chi connectivity index (χ3v) is 3.16. The number of halogens is 1. The second-order valence-corrected chi connectivity index (χ2v) is 4.82. The molecule has 0 aliphatic heterocycles. The maximum atomic E-state index is 13.6. The average molecular weight is 273 g/mol. The number of rotatable bonds is 6. The van der Waals surface area contributed by atoms with E-state index in [0.717, 1.165) is 17.7 Å². The molecule has 20 heavy (non-hydrogen) atoms. The maximum Gasteiger partial charge on any atom is 0.126 e. The van der Waals surface area contributed by atoms with Gasteiger partial charge in [-0.1, -0.05) is 37.3 Å². The van der Waals surface area contributed by atoms with Crippen LogP contribution in [0.3, 0.4) is 0 Å². The number of nitrogens with two attached hydrogens (primary N) is 1. The monoisotopic (exact) mass is 273 g/mol. The van der Waals surface area contributed by atoms with Crippen LogP contribution in [-0.2, 0) is 6.42 Å². The number of benzene rings is 2. The highest BCUT2D eigenvalue weighted by molar-refractivity contribution is 5.32. The van der Waals surface area contributed by atoms with Gasteiger partial charge in [-0.25, -0.2) is 4.39 Å². The number of hydrogen-bond donors (Lipinski definition) is 1. The summed E-state index contributed by atoms with van der Waals surface area (Å²) in [5, 5.41) is 0. The third-order valence-electron chi connectivity index (χ3n) is 3.16. The average Bonchev–Trinajstić information content (AvgIpc) is 2.48. The van der Waals surface area contributed by atoms with Crippen LogP contribution in [0.1, 0.15) is 30.5 Å². The van der Waals surface area contributed by atoms with E-state index in [0.29, 0.717) is 18.6 Å². The van der Waals surface area contributed by atoms with Crippen molar-refractivity contribution >= 4 is 0 Å². The summed E-state index contributed by atoms with van der Waals surface area (Å²) in [6.07, 6.45) is 1.44. The van der Waals surface area contributed by atoms with E-state index >= 15 is 0 Å². The Bertz CT molecular complexity index is 556. The summed E-state index contributed by atoms with van der Waals surface area (Å²) in [7, 11) is 0. The molecule has 2 N–H and O–H groups in total. The summed E-state index contributed by atoms with van der Waals surface area (Å²) < 4.78 is 19.2. The molecule has 0 bridgehead atoms. The van der Waals surface area contributed by atoms with Gasteiger partial charge in [0.2, 0.25) is 0 Å². The van der Waals surface area contributed by atoms with Crippen LogP contribution in [0.5, 0.6) is 5.75 Å². The van der Waals surface area contributed by atoms with Gasteiger partial charge >= 0.3 is 0 Å². The van der Waals surface area contributed by atoms with Gasteiger partial charge in [0.1, 0.15) is 11.6 Å². The summed E-state index contributed by atoms with van der Waals surface area (Å²) in [4.78, 5) is 0. The minimum absolute atomic E-state index is 0.207. The Labute approximate surface area is 119 Å². The highest BCUT2D eigenvalue weighted by atomic mass is 19.1. The van der Waals surface area contributed by atoms with Gasteiger partial charge < -0.3 is 10.5 Å². The first-order valence-electron chi connectivity index (χ1n) is 6.92. The van der Waals surface area contributed by atoms with E-state index in [2.05, 4.69) is 6.92 Å². The molecule has 0 aliphatic rings. The predicted molar refractivity (Wildman–Crippen MR) is 79.3 cm³/mol. The van der Waals surface area contributed by atoms with Crippen LogP contribution in [0.4, 0.5) is 4.39 Å². The molecule has 2 rings (SSSR count).